The number of carboxylic acids is 1. The van der Waals surface area contributed by atoms with Gasteiger partial charge in [-0.2, -0.15) is 0 Å². The largest absolute Gasteiger partial charge is 0.541 e. The molecule has 0 saturated heterocycles. The summed E-state index contributed by atoms with van der Waals surface area (Å²) in [7, 11) is 0. The van der Waals surface area contributed by atoms with Gasteiger partial charge in [0.2, 0.25) is 0 Å². The van der Waals surface area contributed by atoms with Crippen LogP contribution in [0.2, 0.25) is 0 Å². The third-order valence-corrected chi connectivity index (χ3v) is 3.10. The van der Waals surface area contributed by atoms with Crippen molar-refractivity contribution in [3.8, 4) is 17.1 Å². The molecule has 0 bridgehead atoms. The minimum absolute atomic E-state index is 0.325. The van der Waals surface area contributed by atoms with E-state index >= 15 is 0 Å². The van der Waals surface area contributed by atoms with E-state index < -0.39 is 5.97 Å². The zero-order valence-corrected chi connectivity index (χ0v) is 11.4. The van der Waals surface area contributed by atoms with Crippen molar-refractivity contribution in [3.05, 3.63) is 66.0 Å². The molecular formula is C16H12N3O2-. The smallest absolute Gasteiger partial charge is 0.197 e. The van der Waals surface area contributed by atoms with Crippen LogP contribution in [0.25, 0.3) is 17.1 Å². The van der Waals surface area contributed by atoms with E-state index in [0.717, 1.165) is 16.8 Å². The number of rotatable bonds is 3. The van der Waals surface area contributed by atoms with E-state index in [9.17, 15) is 9.90 Å². The molecule has 5 nitrogen and oxygen atoms in total. The highest BCUT2D eigenvalue weighted by atomic mass is 16.4. The number of carbonyl (C=O) groups is 1. The number of aromatic carboxylic acids is 1. The molecule has 0 spiro atoms. The fourth-order valence-corrected chi connectivity index (χ4v) is 2.04. The van der Waals surface area contributed by atoms with Crippen molar-refractivity contribution >= 4 is 5.97 Å². The molecule has 21 heavy (non-hydrogen) atoms. The summed E-state index contributed by atoms with van der Waals surface area (Å²) < 4.78 is 1.51. The number of carbonyl (C=O) groups excluding carboxylic acids is 1. The van der Waals surface area contributed by atoms with Crippen LogP contribution in [0.1, 0.15) is 16.2 Å². The zero-order valence-electron chi connectivity index (χ0n) is 11.4. The van der Waals surface area contributed by atoms with Gasteiger partial charge in [-0.25, -0.2) is 9.67 Å². The van der Waals surface area contributed by atoms with Gasteiger partial charge in [-0.1, -0.05) is 48.0 Å². The first-order chi connectivity index (χ1) is 10.1. The molecule has 2 aromatic carbocycles. The summed E-state index contributed by atoms with van der Waals surface area (Å²) >= 11 is 0. The van der Waals surface area contributed by atoms with E-state index in [1.54, 1.807) is 0 Å². The molecule has 5 heteroatoms. The van der Waals surface area contributed by atoms with E-state index in [4.69, 9.17) is 0 Å². The van der Waals surface area contributed by atoms with E-state index in [1.165, 1.54) is 4.68 Å². The number of benzene rings is 2. The quantitative estimate of drug-likeness (QED) is 0.729. The maximum atomic E-state index is 11.0. The maximum Gasteiger partial charge on any atom is 0.197 e. The predicted molar refractivity (Wildman–Crippen MR) is 75.9 cm³/mol. The highest BCUT2D eigenvalue weighted by Gasteiger charge is 2.13. The fraction of sp³-hybridized carbons (Fsp3) is 0.0625. The number of hydrogen-bond donors (Lipinski definition) is 0. The van der Waals surface area contributed by atoms with E-state index in [-0.39, 0.29) is 5.82 Å². The summed E-state index contributed by atoms with van der Waals surface area (Å²) in [6, 6.07) is 16.9. The lowest BCUT2D eigenvalue weighted by molar-refractivity contribution is -0.256. The number of carboxylic acid groups (broad SMARTS) is 1. The van der Waals surface area contributed by atoms with Crippen LogP contribution in [0, 0.1) is 6.92 Å². The molecule has 3 aromatic rings. The molecule has 104 valence electrons. The van der Waals surface area contributed by atoms with Crippen LogP contribution in [0.4, 0.5) is 0 Å². The lowest BCUT2D eigenvalue weighted by Crippen LogP contribution is -2.23. The van der Waals surface area contributed by atoms with Crippen molar-refractivity contribution in [1.82, 2.24) is 14.8 Å². The lowest BCUT2D eigenvalue weighted by atomic mass is 10.2. The lowest BCUT2D eigenvalue weighted by Gasteiger charge is -2.06. The minimum Gasteiger partial charge on any atom is -0.541 e. The maximum absolute atomic E-state index is 11.0. The van der Waals surface area contributed by atoms with Gasteiger partial charge >= 0.3 is 0 Å². The van der Waals surface area contributed by atoms with Gasteiger partial charge < -0.3 is 9.90 Å². The molecule has 0 unspecified atom stereocenters. The van der Waals surface area contributed by atoms with Gasteiger partial charge in [-0.05, 0) is 19.1 Å². The normalized spacial score (nSPS) is 10.5. The van der Waals surface area contributed by atoms with Crippen molar-refractivity contribution in [1.29, 1.82) is 0 Å². The SMILES string of the molecule is Cc1ccc(-n2nc(C(=O)[O-])nc2-c2ccccc2)cc1. The van der Waals surface area contributed by atoms with Crippen LogP contribution in [-0.4, -0.2) is 20.7 Å². The monoisotopic (exact) mass is 278 g/mol. The van der Waals surface area contributed by atoms with Crippen LogP contribution in [0.15, 0.2) is 54.6 Å². The Balaban J connectivity index is 2.19. The molecule has 0 radical (unpaired) electrons. The molecule has 0 fully saturated rings. The third-order valence-electron chi connectivity index (χ3n) is 3.10. The van der Waals surface area contributed by atoms with Gasteiger partial charge in [0.25, 0.3) is 0 Å². The summed E-state index contributed by atoms with van der Waals surface area (Å²) in [4.78, 5) is 15.1. The highest BCUT2D eigenvalue weighted by molar-refractivity contribution is 5.82. The van der Waals surface area contributed by atoms with Gasteiger partial charge in [0.15, 0.2) is 11.6 Å². The Labute approximate surface area is 121 Å². The van der Waals surface area contributed by atoms with Gasteiger partial charge in [0.05, 0.1) is 5.69 Å². The first kappa shape index (κ1) is 13.1. The van der Waals surface area contributed by atoms with E-state index in [2.05, 4.69) is 10.1 Å². The number of hydrogen-bond acceptors (Lipinski definition) is 4. The van der Waals surface area contributed by atoms with Gasteiger partial charge in [-0.3, -0.25) is 0 Å². The van der Waals surface area contributed by atoms with Crippen LogP contribution in [0.3, 0.4) is 0 Å². The number of nitrogens with zero attached hydrogens (tertiary/aromatic N) is 3. The minimum atomic E-state index is -1.39. The summed E-state index contributed by atoms with van der Waals surface area (Å²) in [5.74, 6) is -1.24. The second-order valence-corrected chi connectivity index (χ2v) is 4.66. The van der Waals surface area contributed by atoms with Crippen LogP contribution >= 0.6 is 0 Å². The highest BCUT2D eigenvalue weighted by Crippen LogP contribution is 2.21. The second-order valence-electron chi connectivity index (χ2n) is 4.66. The summed E-state index contributed by atoms with van der Waals surface area (Å²) in [6.45, 7) is 1.98. The Kier molecular flexibility index (Phi) is 3.23. The molecule has 1 aromatic heterocycles. The first-order valence-corrected chi connectivity index (χ1v) is 6.46. The number of aromatic nitrogens is 3. The summed E-state index contributed by atoms with van der Waals surface area (Å²) in [5.41, 5.74) is 2.65. The van der Waals surface area contributed by atoms with Gasteiger partial charge in [0, 0.05) is 5.56 Å². The topological polar surface area (TPSA) is 70.8 Å². The molecule has 0 N–H and O–H groups in total. The molecule has 3 rings (SSSR count). The van der Waals surface area contributed by atoms with E-state index in [0.29, 0.717) is 5.82 Å². The zero-order chi connectivity index (χ0) is 14.8. The van der Waals surface area contributed by atoms with Crippen LogP contribution in [-0.2, 0) is 0 Å². The molecule has 1 heterocycles. The fourth-order valence-electron chi connectivity index (χ4n) is 2.04. The first-order valence-electron chi connectivity index (χ1n) is 6.46. The summed E-state index contributed by atoms with van der Waals surface area (Å²) in [5, 5.41) is 15.1. The number of aryl methyl sites for hydroxylation is 1. The van der Waals surface area contributed by atoms with Crippen molar-refractivity contribution in [3.63, 3.8) is 0 Å². The predicted octanol–water partition coefficient (Wildman–Crippen LogP) is 1.61. The molecule has 0 atom stereocenters. The molecular weight excluding hydrogens is 266 g/mol. The third kappa shape index (κ3) is 2.53. The second kappa shape index (κ2) is 5.20. The van der Waals surface area contributed by atoms with Crippen LogP contribution < -0.4 is 5.11 Å². The average molecular weight is 278 g/mol. The van der Waals surface area contributed by atoms with Crippen LogP contribution in [0.5, 0.6) is 0 Å². The average Bonchev–Trinajstić information content (AvgIpc) is 2.94. The molecule has 0 aliphatic carbocycles. The molecule has 0 aliphatic rings. The Morgan fingerprint density at radius 3 is 2.33 bits per heavy atom. The Morgan fingerprint density at radius 2 is 1.71 bits per heavy atom. The molecule has 0 amide bonds. The van der Waals surface area contributed by atoms with E-state index in [1.807, 2.05) is 61.5 Å². The Bertz CT molecular complexity index is 777. The molecule has 0 aliphatic heterocycles. The Morgan fingerprint density at radius 1 is 1.05 bits per heavy atom. The van der Waals surface area contributed by atoms with Crippen molar-refractivity contribution in [2.75, 3.05) is 0 Å². The summed E-state index contributed by atoms with van der Waals surface area (Å²) in [6.07, 6.45) is 0. The molecule has 0 saturated carbocycles. The van der Waals surface area contributed by atoms with Crippen molar-refractivity contribution < 1.29 is 9.90 Å². The van der Waals surface area contributed by atoms with Crippen molar-refractivity contribution in [2.45, 2.75) is 6.92 Å². The van der Waals surface area contributed by atoms with Crippen molar-refractivity contribution in [2.24, 2.45) is 0 Å². The standard InChI is InChI=1S/C16H13N3O2/c1-11-7-9-13(10-8-11)19-15(12-5-3-2-4-6-12)17-14(18-19)16(20)21/h2-10H,1H3,(H,20,21)/p-1. The van der Waals surface area contributed by atoms with Gasteiger partial charge in [-0.15, -0.1) is 5.10 Å². The Hall–Kier alpha value is -2.95. The van der Waals surface area contributed by atoms with Gasteiger partial charge in [0.1, 0.15) is 5.97 Å².